The van der Waals surface area contributed by atoms with E-state index in [1.54, 1.807) is 11.3 Å². The zero-order valence-corrected chi connectivity index (χ0v) is 15.9. The Hall–Kier alpha value is -1.43. The topological polar surface area (TPSA) is 62.3 Å². The van der Waals surface area contributed by atoms with Crippen LogP contribution in [0.25, 0.3) is 0 Å². The van der Waals surface area contributed by atoms with Crippen LogP contribution in [-0.4, -0.2) is 40.8 Å². The van der Waals surface area contributed by atoms with Gasteiger partial charge in [-0.05, 0) is 32.1 Å². The Morgan fingerprint density at radius 3 is 2.80 bits per heavy atom. The van der Waals surface area contributed by atoms with Gasteiger partial charge in [0.15, 0.2) is 0 Å². The summed E-state index contributed by atoms with van der Waals surface area (Å²) >= 11 is 1.63. The van der Waals surface area contributed by atoms with E-state index in [9.17, 15) is 9.59 Å². The molecule has 1 atom stereocenters. The van der Waals surface area contributed by atoms with Crippen LogP contribution in [0.5, 0.6) is 0 Å². The van der Waals surface area contributed by atoms with Crippen LogP contribution in [0.3, 0.4) is 0 Å². The molecule has 0 spiro atoms. The van der Waals surface area contributed by atoms with Crippen LogP contribution in [0, 0.1) is 12.8 Å². The van der Waals surface area contributed by atoms with Crippen molar-refractivity contribution in [2.24, 2.45) is 5.92 Å². The van der Waals surface area contributed by atoms with E-state index in [0.29, 0.717) is 13.0 Å². The molecular weight excluding hydrogens is 334 g/mol. The number of carbonyl (C=O) groups excluding carboxylic acids is 2. The number of nitrogens with one attached hydrogen (secondary N) is 1. The normalized spacial score (nSPS) is 21.0. The highest BCUT2D eigenvalue weighted by Gasteiger charge is 2.33. The number of amides is 2. The predicted molar refractivity (Wildman–Crippen MR) is 99.5 cm³/mol. The van der Waals surface area contributed by atoms with Crippen LogP contribution < -0.4 is 5.32 Å². The van der Waals surface area contributed by atoms with Crippen molar-refractivity contribution in [3.63, 3.8) is 0 Å². The minimum absolute atomic E-state index is 0.00123. The van der Waals surface area contributed by atoms with Gasteiger partial charge in [-0.3, -0.25) is 9.59 Å². The summed E-state index contributed by atoms with van der Waals surface area (Å²) in [6, 6.07) is -0.270. The van der Waals surface area contributed by atoms with Crippen molar-refractivity contribution in [3.8, 4) is 0 Å². The predicted octanol–water partition coefficient (Wildman–Crippen LogP) is 3.07. The zero-order chi connectivity index (χ0) is 17.6. The molecular formula is C19H29N3O2S. The second kappa shape index (κ2) is 8.79. The van der Waals surface area contributed by atoms with E-state index in [-0.39, 0.29) is 17.9 Å². The number of likely N-dealkylation sites (tertiary alicyclic amines) is 1. The van der Waals surface area contributed by atoms with Crippen LogP contribution in [0.4, 0.5) is 0 Å². The first-order valence-corrected chi connectivity index (χ1v) is 10.5. The SMILES string of the molecule is Cc1nc(CCNC(=O)[C@H]2CCCN2C(=O)CCC2CCCC2)cs1. The number of aryl methyl sites for hydroxylation is 1. The van der Waals surface area contributed by atoms with Gasteiger partial charge >= 0.3 is 0 Å². The molecule has 1 saturated carbocycles. The molecule has 2 amide bonds. The summed E-state index contributed by atoms with van der Waals surface area (Å²) in [6.07, 6.45) is 9.23. The van der Waals surface area contributed by atoms with Gasteiger partial charge in [0.2, 0.25) is 11.8 Å². The van der Waals surface area contributed by atoms with Crippen LogP contribution in [0.2, 0.25) is 0 Å². The standard InChI is InChI=1S/C19H29N3O2S/c1-14-21-16(13-25-14)10-11-20-19(24)17-7-4-12-22(17)18(23)9-8-15-5-2-3-6-15/h13,15,17H,2-12H2,1H3,(H,20,24)/t17-/m1/s1. The number of thiazole rings is 1. The summed E-state index contributed by atoms with van der Waals surface area (Å²) in [6.45, 7) is 3.30. The quantitative estimate of drug-likeness (QED) is 0.810. The zero-order valence-electron chi connectivity index (χ0n) is 15.1. The van der Waals surface area contributed by atoms with E-state index in [4.69, 9.17) is 0 Å². The second-order valence-corrected chi connectivity index (χ2v) is 8.40. The van der Waals surface area contributed by atoms with Gasteiger partial charge in [-0.2, -0.15) is 0 Å². The minimum Gasteiger partial charge on any atom is -0.354 e. The number of hydrogen-bond acceptors (Lipinski definition) is 4. The molecule has 5 nitrogen and oxygen atoms in total. The fraction of sp³-hybridized carbons (Fsp3) is 0.737. The highest BCUT2D eigenvalue weighted by atomic mass is 32.1. The molecule has 1 aliphatic carbocycles. The first-order valence-electron chi connectivity index (χ1n) is 9.61. The fourth-order valence-corrected chi connectivity index (χ4v) is 4.71. The first-order chi connectivity index (χ1) is 12.1. The Labute approximate surface area is 154 Å². The van der Waals surface area contributed by atoms with Crippen LogP contribution in [0.1, 0.15) is 62.1 Å². The molecule has 1 aromatic rings. The van der Waals surface area contributed by atoms with Gasteiger partial charge in [0.05, 0.1) is 10.7 Å². The minimum atomic E-state index is -0.270. The summed E-state index contributed by atoms with van der Waals surface area (Å²) in [5, 5.41) is 6.09. The summed E-state index contributed by atoms with van der Waals surface area (Å²) in [4.78, 5) is 31.3. The van der Waals surface area contributed by atoms with E-state index in [2.05, 4.69) is 10.3 Å². The molecule has 1 N–H and O–H groups in total. The molecule has 0 radical (unpaired) electrons. The molecule has 3 rings (SSSR count). The Morgan fingerprint density at radius 2 is 2.08 bits per heavy atom. The molecule has 6 heteroatoms. The molecule has 25 heavy (non-hydrogen) atoms. The molecule has 0 bridgehead atoms. The third-order valence-electron chi connectivity index (χ3n) is 5.46. The maximum atomic E-state index is 12.6. The number of hydrogen-bond donors (Lipinski definition) is 1. The Kier molecular flexibility index (Phi) is 6.45. The number of nitrogens with zero attached hydrogens (tertiary/aromatic N) is 2. The summed E-state index contributed by atoms with van der Waals surface area (Å²) < 4.78 is 0. The first kappa shape index (κ1) is 18.4. The van der Waals surface area contributed by atoms with Gasteiger partial charge < -0.3 is 10.2 Å². The maximum absolute atomic E-state index is 12.6. The van der Waals surface area contributed by atoms with E-state index in [1.807, 2.05) is 17.2 Å². The van der Waals surface area contributed by atoms with E-state index in [0.717, 1.165) is 48.8 Å². The fourth-order valence-electron chi connectivity index (χ4n) is 4.06. The van der Waals surface area contributed by atoms with E-state index in [1.165, 1.54) is 25.7 Å². The smallest absolute Gasteiger partial charge is 0.242 e. The summed E-state index contributed by atoms with van der Waals surface area (Å²) in [5.41, 5.74) is 1.03. The van der Waals surface area contributed by atoms with Crippen molar-refractivity contribution >= 4 is 23.2 Å². The van der Waals surface area contributed by atoms with Crippen molar-refractivity contribution < 1.29 is 9.59 Å². The van der Waals surface area contributed by atoms with Gasteiger partial charge in [0, 0.05) is 31.3 Å². The molecule has 2 aliphatic rings. The number of aromatic nitrogens is 1. The third kappa shape index (κ3) is 5.03. The Balaban J connectivity index is 1.43. The van der Waals surface area contributed by atoms with Crippen molar-refractivity contribution in [1.82, 2.24) is 15.2 Å². The number of rotatable bonds is 7. The van der Waals surface area contributed by atoms with Crippen LogP contribution in [0.15, 0.2) is 5.38 Å². The van der Waals surface area contributed by atoms with Gasteiger partial charge in [-0.1, -0.05) is 25.7 Å². The van der Waals surface area contributed by atoms with Crippen LogP contribution >= 0.6 is 11.3 Å². The van der Waals surface area contributed by atoms with E-state index >= 15 is 0 Å². The van der Waals surface area contributed by atoms with Crippen molar-refractivity contribution in [1.29, 1.82) is 0 Å². The highest BCUT2D eigenvalue weighted by Crippen LogP contribution is 2.29. The molecule has 0 aromatic carbocycles. The van der Waals surface area contributed by atoms with Crippen molar-refractivity contribution in [3.05, 3.63) is 16.1 Å². The van der Waals surface area contributed by atoms with Gasteiger partial charge in [0.25, 0.3) is 0 Å². The molecule has 1 saturated heterocycles. The Morgan fingerprint density at radius 1 is 1.28 bits per heavy atom. The Bertz CT molecular complexity index is 595. The largest absolute Gasteiger partial charge is 0.354 e. The van der Waals surface area contributed by atoms with Gasteiger partial charge in [0.1, 0.15) is 6.04 Å². The molecule has 2 fully saturated rings. The number of carbonyl (C=O) groups is 2. The average Bonchev–Trinajstić information content (AvgIpc) is 3.34. The van der Waals surface area contributed by atoms with Crippen LogP contribution in [-0.2, 0) is 16.0 Å². The lowest BCUT2D eigenvalue weighted by Gasteiger charge is -2.24. The monoisotopic (exact) mass is 363 g/mol. The van der Waals surface area contributed by atoms with Crippen molar-refractivity contribution in [2.45, 2.75) is 70.8 Å². The molecule has 0 unspecified atom stereocenters. The highest BCUT2D eigenvalue weighted by molar-refractivity contribution is 7.09. The third-order valence-corrected chi connectivity index (χ3v) is 6.29. The lowest BCUT2D eigenvalue weighted by atomic mass is 10.0. The molecule has 1 aliphatic heterocycles. The van der Waals surface area contributed by atoms with E-state index < -0.39 is 0 Å². The molecule has 2 heterocycles. The lowest BCUT2D eigenvalue weighted by Crippen LogP contribution is -2.46. The molecule has 1 aromatic heterocycles. The summed E-state index contributed by atoms with van der Waals surface area (Å²) in [7, 11) is 0. The summed E-state index contributed by atoms with van der Waals surface area (Å²) in [5.74, 6) is 0.888. The van der Waals surface area contributed by atoms with Gasteiger partial charge in [-0.25, -0.2) is 4.98 Å². The maximum Gasteiger partial charge on any atom is 0.242 e. The van der Waals surface area contributed by atoms with Crippen molar-refractivity contribution in [2.75, 3.05) is 13.1 Å². The second-order valence-electron chi connectivity index (χ2n) is 7.33. The average molecular weight is 364 g/mol. The van der Waals surface area contributed by atoms with Gasteiger partial charge in [-0.15, -0.1) is 11.3 Å². The molecule has 138 valence electrons. The lowest BCUT2D eigenvalue weighted by molar-refractivity contribution is -0.138.